The van der Waals surface area contributed by atoms with E-state index >= 15 is 0 Å². The average molecular weight is 433 g/mol. The van der Waals surface area contributed by atoms with Crippen molar-refractivity contribution >= 4 is 43.5 Å². The zero-order valence-corrected chi connectivity index (χ0v) is 15.5. The summed E-state index contributed by atoms with van der Waals surface area (Å²) in [5, 5.41) is 0. The highest BCUT2D eigenvalue weighted by Gasteiger charge is 2.09. The Morgan fingerprint density at radius 2 is 1.48 bits per heavy atom. The van der Waals surface area contributed by atoms with Crippen molar-refractivity contribution in [1.82, 2.24) is 0 Å². The molecule has 21 heavy (non-hydrogen) atoms. The van der Waals surface area contributed by atoms with Crippen LogP contribution in [0.15, 0.2) is 57.5 Å². The second-order valence-electron chi connectivity index (χ2n) is 4.94. The lowest BCUT2D eigenvalue weighted by molar-refractivity contribution is 0.284. The van der Waals surface area contributed by atoms with E-state index in [0.717, 1.165) is 27.5 Å². The summed E-state index contributed by atoms with van der Waals surface area (Å²) >= 11 is 12.9. The number of hydrogen-bond donors (Lipinski definition) is 0. The van der Waals surface area contributed by atoms with Crippen LogP contribution in [0.3, 0.4) is 0 Å². The maximum atomic E-state index is 6.08. The van der Waals surface area contributed by atoms with Crippen LogP contribution in [0.4, 0.5) is 0 Å². The largest absolute Gasteiger partial charge is 0.494 e. The molecule has 1 nitrogen and oxygen atoms in total. The van der Waals surface area contributed by atoms with Crippen molar-refractivity contribution in [1.29, 1.82) is 0 Å². The molecular formula is C17H17Br2ClO. The van der Waals surface area contributed by atoms with E-state index in [9.17, 15) is 0 Å². The monoisotopic (exact) mass is 430 g/mol. The van der Waals surface area contributed by atoms with Crippen molar-refractivity contribution < 1.29 is 4.74 Å². The fraction of sp³-hybridized carbons (Fsp3) is 0.294. The van der Waals surface area contributed by atoms with Gasteiger partial charge in [0.25, 0.3) is 0 Å². The summed E-state index contributed by atoms with van der Waals surface area (Å²) in [6.45, 7) is 0.690. The molecule has 0 bridgehead atoms. The molecule has 1 unspecified atom stereocenters. The van der Waals surface area contributed by atoms with Gasteiger partial charge in [0.15, 0.2) is 0 Å². The molecule has 0 fully saturated rings. The lowest BCUT2D eigenvalue weighted by atomic mass is 9.98. The molecule has 0 radical (unpaired) electrons. The van der Waals surface area contributed by atoms with Crippen LogP contribution in [0.2, 0.25) is 0 Å². The van der Waals surface area contributed by atoms with Gasteiger partial charge in [-0.1, -0.05) is 44.0 Å². The second kappa shape index (κ2) is 8.82. The fourth-order valence-corrected chi connectivity index (χ4v) is 2.85. The topological polar surface area (TPSA) is 9.23 Å². The Morgan fingerprint density at radius 3 is 2.05 bits per heavy atom. The number of hydrogen-bond acceptors (Lipinski definition) is 1. The van der Waals surface area contributed by atoms with Crippen LogP contribution in [-0.2, 0) is 6.42 Å². The highest BCUT2D eigenvalue weighted by molar-refractivity contribution is 9.10. The Bertz CT molecular complexity index is 540. The predicted octanol–water partition coefficient (Wildman–Crippen LogP) is 6.08. The zero-order valence-electron chi connectivity index (χ0n) is 11.6. The van der Waals surface area contributed by atoms with Gasteiger partial charge in [-0.25, -0.2) is 0 Å². The first-order chi connectivity index (χ1) is 10.2. The van der Waals surface area contributed by atoms with Gasteiger partial charge < -0.3 is 4.74 Å². The summed E-state index contributed by atoms with van der Waals surface area (Å²) in [6, 6.07) is 16.3. The number of ether oxygens (including phenoxy) is 1. The van der Waals surface area contributed by atoms with Gasteiger partial charge in [0.2, 0.25) is 0 Å². The Kier molecular flexibility index (Phi) is 7.08. The summed E-state index contributed by atoms with van der Waals surface area (Å²) in [7, 11) is 0. The smallest absolute Gasteiger partial charge is 0.119 e. The minimum atomic E-state index is 0.434. The molecule has 112 valence electrons. The van der Waals surface area contributed by atoms with E-state index in [0.29, 0.717) is 18.4 Å². The molecule has 4 heteroatoms. The van der Waals surface area contributed by atoms with Crippen LogP contribution in [-0.4, -0.2) is 12.5 Å². The van der Waals surface area contributed by atoms with Gasteiger partial charge in [-0.2, -0.15) is 0 Å². The van der Waals surface area contributed by atoms with Crippen molar-refractivity contribution in [3.8, 4) is 5.75 Å². The third kappa shape index (κ3) is 6.01. The van der Waals surface area contributed by atoms with E-state index in [-0.39, 0.29) is 0 Å². The molecule has 1 atom stereocenters. The van der Waals surface area contributed by atoms with E-state index in [4.69, 9.17) is 16.3 Å². The van der Waals surface area contributed by atoms with Gasteiger partial charge in [0.05, 0.1) is 6.61 Å². The molecule has 0 spiro atoms. The van der Waals surface area contributed by atoms with E-state index in [1.165, 1.54) is 5.56 Å². The second-order valence-corrected chi connectivity index (χ2v) is 7.08. The standard InChI is InChI=1S/C17H17Br2ClO/c18-15-3-1-13(2-4-15)11-14(12-20)9-10-21-17-7-5-16(19)6-8-17/h1-8,14H,9-12H2. The van der Waals surface area contributed by atoms with Crippen molar-refractivity contribution in [2.24, 2.45) is 5.92 Å². The summed E-state index contributed by atoms with van der Waals surface area (Å²) < 4.78 is 7.93. The highest BCUT2D eigenvalue weighted by atomic mass is 79.9. The normalized spacial score (nSPS) is 12.1. The zero-order chi connectivity index (χ0) is 15.1. The van der Waals surface area contributed by atoms with Crippen LogP contribution in [0.1, 0.15) is 12.0 Å². The first-order valence-corrected chi connectivity index (χ1v) is 8.98. The molecule has 0 aliphatic carbocycles. The minimum absolute atomic E-state index is 0.434. The van der Waals surface area contributed by atoms with Crippen LogP contribution >= 0.6 is 43.5 Å². The van der Waals surface area contributed by atoms with Gasteiger partial charge in [0.1, 0.15) is 5.75 Å². The number of rotatable bonds is 7. The molecule has 0 N–H and O–H groups in total. The molecule has 0 aliphatic heterocycles. The summed E-state index contributed by atoms with van der Waals surface area (Å²) in [4.78, 5) is 0. The molecule has 0 saturated carbocycles. The molecule has 2 rings (SSSR count). The summed E-state index contributed by atoms with van der Waals surface area (Å²) in [6.07, 6.45) is 1.94. The van der Waals surface area contributed by atoms with Gasteiger partial charge in [-0.05, 0) is 60.7 Å². The first-order valence-electron chi connectivity index (χ1n) is 6.86. The van der Waals surface area contributed by atoms with Gasteiger partial charge in [0, 0.05) is 14.8 Å². The average Bonchev–Trinajstić information content (AvgIpc) is 2.50. The fourth-order valence-electron chi connectivity index (χ4n) is 2.06. The van der Waals surface area contributed by atoms with Gasteiger partial charge in [-0.15, -0.1) is 11.6 Å². The van der Waals surface area contributed by atoms with Crippen molar-refractivity contribution in [3.05, 3.63) is 63.0 Å². The maximum absolute atomic E-state index is 6.08. The molecule has 0 heterocycles. The van der Waals surface area contributed by atoms with E-state index in [2.05, 4.69) is 56.1 Å². The van der Waals surface area contributed by atoms with Crippen LogP contribution in [0.5, 0.6) is 5.75 Å². The molecule has 0 aromatic heterocycles. The third-order valence-electron chi connectivity index (χ3n) is 3.26. The SMILES string of the molecule is ClCC(CCOc1ccc(Br)cc1)Cc1ccc(Br)cc1. The number of benzene rings is 2. The lowest BCUT2D eigenvalue weighted by Gasteiger charge is -2.14. The van der Waals surface area contributed by atoms with Gasteiger partial charge >= 0.3 is 0 Å². The molecule has 0 saturated heterocycles. The Labute approximate surface area is 147 Å². The Morgan fingerprint density at radius 1 is 0.905 bits per heavy atom. The Hall–Kier alpha value is -0.510. The van der Waals surface area contributed by atoms with Crippen molar-refractivity contribution in [2.75, 3.05) is 12.5 Å². The van der Waals surface area contributed by atoms with Crippen molar-refractivity contribution in [2.45, 2.75) is 12.8 Å². The summed E-state index contributed by atoms with van der Waals surface area (Å²) in [5.74, 6) is 1.98. The Balaban J connectivity index is 1.79. The van der Waals surface area contributed by atoms with E-state index < -0.39 is 0 Å². The number of halogens is 3. The van der Waals surface area contributed by atoms with E-state index in [1.54, 1.807) is 0 Å². The van der Waals surface area contributed by atoms with Crippen LogP contribution in [0, 0.1) is 5.92 Å². The highest BCUT2D eigenvalue weighted by Crippen LogP contribution is 2.19. The van der Waals surface area contributed by atoms with Gasteiger partial charge in [-0.3, -0.25) is 0 Å². The molecular weight excluding hydrogens is 415 g/mol. The molecule has 2 aromatic carbocycles. The minimum Gasteiger partial charge on any atom is -0.494 e. The molecule has 2 aromatic rings. The lowest BCUT2D eigenvalue weighted by Crippen LogP contribution is -2.11. The number of alkyl halides is 1. The van der Waals surface area contributed by atoms with Crippen molar-refractivity contribution in [3.63, 3.8) is 0 Å². The summed E-state index contributed by atoms with van der Waals surface area (Å²) in [5.41, 5.74) is 1.31. The molecule has 0 aliphatic rings. The maximum Gasteiger partial charge on any atom is 0.119 e. The quantitative estimate of drug-likeness (QED) is 0.482. The molecule has 0 amide bonds. The van der Waals surface area contributed by atoms with Crippen LogP contribution < -0.4 is 4.74 Å². The van der Waals surface area contributed by atoms with Crippen LogP contribution in [0.25, 0.3) is 0 Å². The third-order valence-corrected chi connectivity index (χ3v) is 4.76. The van der Waals surface area contributed by atoms with E-state index in [1.807, 2.05) is 24.3 Å². The predicted molar refractivity (Wildman–Crippen MR) is 96.3 cm³/mol. The first kappa shape index (κ1) is 16.9.